The first kappa shape index (κ1) is 20.6. The molecule has 0 aliphatic heterocycles. The fourth-order valence-corrected chi connectivity index (χ4v) is 3.08. The van der Waals surface area contributed by atoms with Gasteiger partial charge in [0, 0.05) is 25.9 Å². The number of ether oxygens (including phenoxy) is 1. The van der Waals surface area contributed by atoms with E-state index in [1.54, 1.807) is 29.0 Å². The van der Waals surface area contributed by atoms with Gasteiger partial charge < -0.3 is 14.7 Å². The minimum Gasteiger partial charge on any atom is -0.394 e. The summed E-state index contributed by atoms with van der Waals surface area (Å²) in [7, 11) is 1.63. The quantitative estimate of drug-likeness (QED) is 0.584. The summed E-state index contributed by atoms with van der Waals surface area (Å²) in [5.41, 5.74) is 1.84. The third-order valence-corrected chi connectivity index (χ3v) is 4.59. The molecular weight excluding hydrogens is 368 g/mol. The Morgan fingerprint density at radius 2 is 1.83 bits per heavy atom. The van der Waals surface area contributed by atoms with Crippen molar-refractivity contribution in [3.63, 3.8) is 0 Å². The molecule has 1 heterocycles. The number of nitrogens with one attached hydrogen (secondary N) is 1. The second-order valence-corrected chi connectivity index (χ2v) is 6.61. The predicted molar refractivity (Wildman–Crippen MR) is 111 cm³/mol. The number of hydrogen-bond donors (Lipinski definition) is 2. The lowest BCUT2D eigenvalue weighted by molar-refractivity contribution is 0.137. The second kappa shape index (κ2) is 10.4. The van der Waals surface area contributed by atoms with Crippen molar-refractivity contribution < 1.29 is 14.6 Å². The summed E-state index contributed by atoms with van der Waals surface area (Å²) in [4.78, 5) is 14.8. The van der Waals surface area contributed by atoms with Gasteiger partial charge in [-0.05, 0) is 11.1 Å². The van der Waals surface area contributed by atoms with E-state index < -0.39 is 6.04 Å². The molecular formula is C22H26N4O3. The summed E-state index contributed by atoms with van der Waals surface area (Å²) in [5, 5.41) is 17.3. The van der Waals surface area contributed by atoms with Crippen LogP contribution in [0.2, 0.25) is 0 Å². The topological polar surface area (TPSA) is 79.6 Å². The van der Waals surface area contributed by atoms with Crippen molar-refractivity contribution in [2.45, 2.75) is 19.1 Å². The molecule has 0 saturated carbocycles. The van der Waals surface area contributed by atoms with Crippen molar-refractivity contribution in [3.05, 3.63) is 84.1 Å². The highest BCUT2D eigenvalue weighted by Crippen LogP contribution is 2.23. The van der Waals surface area contributed by atoms with Gasteiger partial charge in [-0.3, -0.25) is 10.00 Å². The molecule has 0 bridgehead atoms. The highest BCUT2D eigenvalue weighted by atomic mass is 16.5. The summed E-state index contributed by atoms with van der Waals surface area (Å²) in [6.07, 6.45) is 1.79. The number of aliphatic hydroxyl groups is 1. The third kappa shape index (κ3) is 5.66. The van der Waals surface area contributed by atoms with Crippen molar-refractivity contribution in [2.24, 2.45) is 0 Å². The molecule has 2 amide bonds. The average Bonchev–Trinajstić information content (AvgIpc) is 3.20. The van der Waals surface area contributed by atoms with E-state index in [-0.39, 0.29) is 12.6 Å². The Morgan fingerprint density at radius 1 is 1.14 bits per heavy atom. The molecule has 7 nitrogen and oxygen atoms in total. The molecule has 3 rings (SSSR count). The van der Waals surface area contributed by atoms with E-state index in [9.17, 15) is 9.90 Å². The lowest BCUT2D eigenvalue weighted by Crippen LogP contribution is -2.39. The van der Waals surface area contributed by atoms with Crippen molar-refractivity contribution in [1.82, 2.24) is 14.7 Å². The Kier molecular flexibility index (Phi) is 7.38. The van der Waals surface area contributed by atoms with E-state index >= 15 is 0 Å². The molecule has 0 aliphatic carbocycles. The number of carbonyl (C=O) groups is 1. The molecule has 7 heteroatoms. The number of carbonyl (C=O) groups excluding carboxylic acids is 1. The van der Waals surface area contributed by atoms with E-state index in [0.717, 1.165) is 11.1 Å². The number of aliphatic hydroxyl groups excluding tert-OH is 1. The minimum absolute atomic E-state index is 0.188. The number of urea groups is 1. The van der Waals surface area contributed by atoms with Gasteiger partial charge in [0.25, 0.3) is 0 Å². The lowest BCUT2D eigenvalue weighted by atomic mass is 10.1. The van der Waals surface area contributed by atoms with Crippen molar-refractivity contribution in [3.8, 4) is 0 Å². The zero-order chi connectivity index (χ0) is 20.5. The van der Waals surface area contributed by atoms with Gasteiger partial charge in [-0.15, -0.1) is 0 Å². The Hall–Kier alpha value is -3.16. The van der Waals surface area contributed by atoms with Gasteiger partial charge >= 0.3 is 6.03 Å². The highest BCUT2D eigenvalue weighted by molar-refractivity contribution is 5.88. The molecule has 1 aromatic heterocycles. The van der Waals surface area contributed by atoms with Crippen molar-refractivity contribution in [1.29, 1.82) is 0 Å². The van der Waals surface area contributed by atoms with E-state index in [1.807, 2.05) is 60.7 Å². The van der Waals surface area contributed by atoms with Crippen molar-refractivity contribution in [2.75, 3.05) is 25.6 Å². The number of methoxy groups -OCH3 is 1. The van der Waals surface area contributed by atoms with Gasteiger partial charge in [0.2, 0.25) is 0 Å². The number of amides is 2. The first-order chi connectivity index (χ1) is 14.2. The maximum absolute atomic E-state index is 13.1. The van der Waals surface area contributed by atoms with Crippen LogP contribution in [0.3, 0.4) is 0 Å². The number of nitrogens with zero attached hydrogens (tertiary/aromatic N) is 3. The number of aromatic nitrogens is 2. The smallest absolute Gasteiger partial charge is 0.323 e. The second-order valence-electron chi connectivity index (χ2n) is 6.61. The summed E-state index contributed by atoms with van der Waals surface area (Å²) >= 11 is 0. The molecule has 1 atom stereocenters. The molecule has 0 radical (unpaired) electrons. The molecule has 2 aromatic carbocycles. The Morgan fingerprint density at radius 3 is 2.48 bits per heavy atom. The average molecular weight is 394 g/mol. The highest BCUT2D eigenvalue weighted by Gasteiger charge is 2.25. The van der Waals surface area contributed by atoms with Crippen LogP contribution in [-0.4, -0.2) is 46.1 Å². The fraction of sp³-hybridized carbons (Fsp3) is 0.273. The number of rotatable bonds is 9. The van der Waals surface area contributed by atoms with Crippen LogP contribution >= 0.6 is 0 Å². The molecule has 0 fully saturated rings. The van der Waals surface area contributed by atoms with Crippen LogP contribution in [-0.2, 0) is 17.8 Å². The SMILES string of the molecule is COCCn1ccc(NC(=O)N(Cc2ccccc2)C(CO)c2ccccc2)n1. The van der Waals surface area contributed by atoms with Gasteiger partial charge in [0.05, 0.1) is 25.8 Å². The Labute approximate surface area is 170 Å². The zero-order valence-electron chi connectivity index (χ0n) is 16.4. The van der Waals surface area contributed by atoms with Crippen LogP contribution in [0, 0.1) is 0 Å². The van der Waals surface area contributed by atoms with Crippen LogP contribution in [0.5, 0.6) is 0 Å². The summed E-state index contributed by atoms with van der Waals surface area (Å²) in [6.45, 7) is 1.31. The third-order valence-electron chi connectivity index (χ3n) is 4.59. The Balaban J connectivity index is 1.81. The molecule has 1 unspecified atom stereocenters. The van der Waals surface area contributed by atoms with E-state index in [1.165, 1.54) is 0 Å². The molecule has 0 spiro atoms. The predicted octanol–water partition coefficient (Wildman–Crippen LogP) is 3.30. The van der Waals surface area contributed by atoms with Gasteiger partial charge in [-0.25, -0.2) is 4.79 Å². The monoisotopic (exact) mass is 394 g/mol. The van der Waals surface area contributed by atoms with Crippen LogP contribution in [0.1, 0.15) is 17.2 Å². The number of anilines is 1. The lowest BCUT2D eigenvalue weighted by Gasteiger charge is -2.31. The Bertz CT molecular complexity index is 883. The first-order valence-corrected chi connectivity index (χ1v) is 9.51. The van der Waals surface area contributed by atoms with E-state index in [4.69, 9.17) is 4.74 Å². The van der Waals surface area contributed by atoms with Gasteiger partial charge in [0.15, 0.2) is 5.82 Å². The molecule has 0 aliphatic rings. The summed E-state index contributed by atoms with van der Waals surface area (Å²) in [6, 6.07) is 20.2. The van der Waals surface area contributed by atoms with Crippen molar-refractivity contribution >= 4 is 11.8 Å². The number of hydrogen-bond acceptors (Lipinski definition) is 4. The normalized spacial score (nSPS) is 11.8. The van der Waals surface area contributed by atoms with Crippen LogP contribution in [0.25, 0.3) is 0 Å². The van der Waals surface area contributed by atoms with Crippen LogP contribution in [0.4, 0.5) is 10.6 Å². The van der Waals surface area contributed by atoms with Gasteiger partial charge in [0.1, 0.15) is 0 Å². The maximum Gasteiger partial charge on any atom is 0.323 e. The first-order valence-electron chi connectivity index (χ1n) is 9.51. The summed E-state index contributed by atoms with van der Waals surface area (Å²) < 4.78 is 6.76. The van der Waals surface area contributed by atoms with Gasteiger partial charge in [-0.2, -0.15) is 5.10 Å². The molecule has 3 aromatic rings. The molecule has 0 saturated heterocycles. The molecule has 2 N–H and O–H groups in total. The molecule has 29 heavy (non-hydrogen) atoms. The van der Waals surface area contributed by atoms with E-state index in [2.05, 4.69) is 10.4 Å². The van der Waals surface area contributed by atoms with Crippen LogP contribution < -0.4 is 5.32 Å². The molecule has 152 valence electrons. The minimum atomic E-state index is -0.480. The van der Waals surface area contributed by atoms with E-state index in [0.29, 0.717) is 25.5 Å². The zero-order valence-corrected chi connectivity index (χ0v) is 16.4. The van der Waals surface area contributed by atoms with Gasteiger partial charge in [-0.1, -0.05) is 60.7 Å². The summed E-state index contributed by atoms with van der Waals surface area (Å²) in [5.74, 6) is 0.453. The van der Waals surface area contributed by atoms with Crippen LogP contribution in [0.15, 0.2) is 72.9 Å². The number of benzene rings is 2. The fourth-order valence-electron chi connectivity index (χ4n) is 3.08. The largest absolute Gasteiger partial charge is 0.394 e. The maximum atomic E-state index is 13.1. The standard InChI is InChI=1S/C22H26N4O3/c1-29-15-14-25-13-12-21(24-25)23-22(28)26(16-18-8-4-2-5-9-18)20(17-27)19-10-6-3-7-11-19/h2-13,20,27H,14-17H2,1H3,(H,23,24,28).